The molecule has 1 aromatic heterocycles. The number of aryl methyl sites for hydroxylation is 1. The lowest BCUT2D eigenvalue weighted by atomic mass is 10.00. The first-order valence-corrected chi connectivity index (χ1v) is 5.06. The van der Waals surface area contributed by atoms with E-state index >= 15 is 0 Å². The third-order valence-corrected chi connectivity index (χ3v) is 2.66. The first-order chi connectivity index (χ1) is 6.75. The number of hydrogen-bond acceptors (Lipinski definition) is 3. The molecule has 0 bridgehead atoms. The Balaban J connectivity index is 2.00. The molecule has 14 heavy (non-hydrogen) atoms. The molecule has 2 rings (SSSR count). The highest BCUT2D eigenvalue weighted by molar-refractivity contribution is 6.30. The van der Waals surface area contributed by atoms with Crippen LogP contribution < -0.4 is 11.0 Å². The number of hydrogen-bond donors (Lipinski definition) is 1. The third kappa shape index (κ3) is 2.13. The van der Waals surface area contributed by atoms with E-state index in [0.717, 1.165) is 19.5 Å². The van der Waals surface area contributed by atoms with Crippen LogP contribution in [0.2, 0.25) is 5.02 Å². The van der Waals surface area contributed by atoms with Crippen molar-refractivity contribution >= 4 is 11.6 Å². The Morgan fingerprint density at radius 1 is 1.64 bits per heavy atom. The molecule has 76 valence electrons. The summed E-state index contributed by atoms with van der Waals surface area (Å²) in [5, 5.41) is 3.70. The number of rotatable bonds is 3. The maximum atomic E-state index is 11.3. The molecule has 0 amide bonds. The van der Waals surface area contributed by atoms with Gasteiger partial charge >= 0.3 is 5.69 Å². The van der Waals surface area contributed by atoms with Gasteiger partial charge in [0.15, 0.2) is 0 Å². The van der Waals surface area contributed by atoms with Gasteiger partial charge in [0.1, 0.15) is 0 Å². The number of halogens is 1. The maximum Gasteiger partial charge on any atom is 0.347 e. The summed E-state index contributed by atoms with van der Waals surface area (Å²) in [5.74, 6) is 0.695. The van der Waals surface area contributed by atoms with Crippen LogP contribution in [0.1, 0.15) is 6.42 Å². The van der Waals surface area contributed by atoms with Crippen LogP contribution in [-0.4, -0.2) is 22.6 Å². The molecule has 0 aromatic carbocycles. The van der Waals surface area contributed by atoms with Gasteiger partial charge in [-0.3, -0.25) is 4.57 Å². The van der Waals surface area contributed by atoms with Crippen molar-refractivity contribution in [2.45, 2.75) is 13.0 Å². The van der Waals surface area contributed by atoms with Crippen LogP contribution in [0, 0.1) is 5.92 Å². The normalized spacial score (nSPS) is 16.6. The van der Waals surface area contributed by atoms with Crippen LogP contribution in [0.4, 0.5) is 0 Å². The molecule has 4 nitrogen and oxygen atoms in total. The first kappa shape index (κ1) is 9.68. The fourth-order valence-corrected chi connectivity index (χ4v) is 1.63. The van der Waals surface area contributed by atoms with Crippen molar-refractivity contribution < 1.29 is 0 Å². The lowest BCUT2D eigenvalue weighted by Crippen LogP contribution is -2.42. The average Bonchev–Trinajstić information content (AvgIpc) is 2.08. The molecule has 1 aliphatic rings. The van der Waals surface area contributed by atoms with Gasteiger partial charge in [-0.15, -0.1) is 0 Å². The summed E-state index contributed by atoms with van der Waals surface area (Å²) < 4.78 is 1.57. The summed E-state index contributed by atoms with van der Waals surface area (Å²) in [5.41, 5.74) is -0.221. The molecule has 0 saturated carbocycles. The fraction of sp³-hybridized carbons (Fsp3) is 0.556. The molecular formula is C9H12ClN3O. The van der Waals surface area contributed by atoms with Crippen LogP contribution in [0.3, 0.4) is 0 Å². The lowest BCUT2D eigenvalue weighted by Gasteiger charge is -2.26. The zero-order valence-electron chi connectivity index (χ0n) is 7.74. The SMILES string of the molecule is O=c1ncc(Cl)cn1CCC1CNC1. The monoisotopic (exact) mass is 213 g/mol. The predicted molar refractivity (Wildman–Crippen MR) is 54.5 cm³/mol. The quantitative estimate of drug-likeness (QED) is 0.796. The Bertz CT molecular complexity index is 373. The number of nitrogens with one attached hydrogen (secondary N) is 1. The van der Waals surface area contributed by atoms with Crippen molar-refractivity contribution in [1.29, 1.82) is 0 Å². The Hall–Kier alpha value is -0.870. The van der Waals surface area contributed by atoms with Gasteiger partial charge in [0, 0.05) is 12.7 Å². The second kappa shape index (κ2) is 4.11. The van der Waals surface area contributed by atoms with Crippen molar-refractivity contribution in [3.05, 3.63) is 27.9 Å². The van der Waals surface area contributed by atoms with Crippen molar-refractivity contribution in [2.24, 2.45) is 5.92 Å². The van der Waals surface area contributed by atoms with Crippen LogP contribution in [-0.2, 0) is 6.54 Å². The highest BCUT2D eigenvalue weighted by Gasteiger charge is 2.16. The van der Waals surface area contributed by atoms with Gasteiger partial charge in [0.2, 0.25) is 0 Å². The molecule has 1 N–H and O–H groups in total. The molecule has 1 aromatic rings. The second-order valence-electron chi connectivity index (χ2n) is 3.56. The van der Waals surface area contributed by atoms with E-state index in [-0.39, 0.29) is 5.69 Å². The van der Waals surface area contributed by atoms with Crippen molar-refractivity contribution in [3.8, 4) is 0 Å². The van der Waals surface area contributed by atoms with Crippen LogP contribution in [0.25, 0.3) is 0 Å². The summed E-state index contributed by atoms with van der Waals surface area (Å²) in [6.07, 6.45) is 4.03. The van der Waals surface area contributed by atoms with Gasteiger partial charge in [-0.1, -0.05) is 11.6 Å². The van der Waals surface area contributed by atoms with Gasteiger partial charge in [-0.2, -0.15) is 0 Å². The summed E-state index contributed by atoms with van der Waals surface area (Å²) in [6, 6.07) is 0. The standard InChI is InChI=1S/C9H12ClN3O/c10-8-5-12-9(14)13(6-8)2-1-7-3-11-4-7/h5-7,11H,1-4H2. The molecule has 1 aliphatic heterocycles. The van der Waals surface area contributed by atoms with E-state index in [1.165, 1.54) is 6.20 Å². The Labute approximate surface area is 86.9 Å². The Kier molecular flexibility index (Phi) is 2.84. The smallest absolute Gasteiger partial charge is 0.316 e. The molecule has 1 fully saturated rings. The lowest BCUT2D eigenvalue weighted by molar-refractivity contribution is 0.310. The van der Waals surface area contributed by atoms with Crippen molar-refractivity contribution in [3.63, 3.8) is 0 Å². The third-order valence-electron chi connectivity index (χ3n) is 2.47. The highest BCUT2D eigenvalue weighted by atomic mass is 35.5. The minimum Gasteiger partial charge on any atom is -0.316 e. The Morgan fingerprint density at radius 3 is 3.07 bits per heavy atom. The highest BCUT2D eigenvalue weighted by Crippen LogP contribution is 2.09. The summed E-state index contributed by atoms with van der Waals surface area (Å²) in [4.78, 5) is 14.9. The number of aromatic nitrogens is 2. The van der Waals surface area contributed by atoms with Gasteiger partial charge in [-0.25, -0.2) is 9.78 Å². The average molecular weight is 214 g/mol. The van der Waals surface area contributed by atoms with Crippen LogP contribution in [0.5, 0.6) is 0 Å². The molecule has 0 unspecified atom stereocenters. The first-order valence-electron chi connectivity index (χ1n) is 4.68. The van der Waals surface area contributed by atoms with Gasteiger partial charge in [0.25, 0.3) is 0 Å². The van der Waals surface area contributed by atoms with Gasteiger partial charge in [0.05, 0.1) is 11.2 Å². The predicted octanol–water partition coefficient (Wildman–Crippen LogP) is 0.506. The molecular weight excluding hydrogens is 202 g/mol. The second-order valence-corrected chi connectivity index (χ2v) is 4.00. The molecule has 5 heteroatoms. The number of nitrogens with zero attached hydrogens (tertiary/aromatic N) is 2. The van der Waals surface area contributed by atoms with E-state index in [1.807, 2.05) is 0 Å². The molecule has 2 heterocycles. The van der Waals surface area contributed by atoms with E-state index in [0.29, 0.717) is 17.5 Å². The van der Waals surface area contributed by atoms with Crippen molar-refractivity contribution in [2.75, 3.05) is 13.1 Å². The largest absolute Gasteiger partial charge is 0.347 e. The van der Waals surface area contributed by atoms with E-state index < -0.39 is 0 Å². The van der Waals surface area contributed by atoms with E-state index in [9.17, 15) is 4.79 Å². The van der Waals surface area contributed by atoms with Crippen molar-refractivity contribution in [1.82, 2.24) is 14.9 Å². The van der Waals surface area contributed by atoms with Crippen LogP contribution in [0.15, 0.2) is 17.2 Å². The topological polar surface area (TPSA) is 46.9 Å². The van der Waals surface area contributed by atoms with Crippen LogP contribution >= 0.6 is 11.6 Å². The zero-order valence-corrected chi connectivity index (χ0v) is 8.50. The molecule has 1 saturated heterocycles. The summed E-state index contributed by atoms with van der Waals surface area (Å²) in [7, 11) is 0. The summed E-state index contributed by atoms with van der Waals surface area (Å²) in [6.45, 7) is 2.82. The van der Waals surface area contributed by atoms with E-state index in [4.69, 9.17) is 11.6 Å². The fourth-order valence-electron chi connectivity index (χ4n) is 1.46. The maximum absolute atomic E-state index is 11.3. The van der Waals surface area contributed by atoms with E-state index in [1.54, 1.807) is 10.8 Å². The minimum absolute atomic E-state index is 0.221. The van der Waals surface area contributed by atoms with E-state index in [2.05, 4.69) is 10.3 Å². The van der Waals surface area contributed by atoms with Gasteiger partial charge < -0.3 is 5.32 Å². The molecule has 0 aliphatic carbocycles. The molecule has 0 atom stereocenters. The molecule has 0 radical (unpaired) electrons. The summed E-state index contributed by atoms with van der Waals surface area (Å²) >= 11 is 5.75. The molecule has 0 spiro atoms. The Morgan fingerprint density at radius 2 is 2.43 bits per heavy atom. The van der Waals surface area contributed by atoms with Gasteiger partial charge in [-0.05, 0) is 25.4 Å². The zero-order chi connectivity index (χ0) is 9.97. The minimum atomic E-state index is -0.221.